The molecule has 0 heterocycles. The number of esters is 1. The predicted molar refractivity (Wildman–Crippen MR) is 124 cm³/mol. The number of hydrogen-bond acceptors (Lipinski definition) is 6. The quantitative estimate of drug-likeness (QED) is 0.327. The number of nitrogens with one attached hydrogen (secondary N) is 1. The number of nitrogens with zero attached hydrogens (tertiary/aromatic N) is 1. The van der Waals surface area contributed by atoms with Crippen molar-refractivity contribution < 1.29 is 19.6 Å². The first-order valence-corrected chi connectivity index (χ1v) is 11.2. The zero-order valence-corrected chi connectivity index (χ0v) is 18.9. The number of rotatable bonds is 8. The van der Waals surface area contributed by atoms with Crippen molar-refractivity contribution in [1.82, 2.24) is 0 Å². The fraction of sp³-hybridized carbons (Fsp3) is 0.480. The normalized spacial score (nSPS) is 21.7. The molecule has 2 N–H and O–H groups in total. The third kappa shape index (κ3) is 5.99. The molecule has 1 aliphatic carbocycles. The summed E-state index contributed by atoms with van der Waals surface area (Å²) in [5, 5.41) is 24.1. The van der Waals surface area contributed by atoms with Crippen molar-refractivity contribution in [2.24, 2.45) is 17.8 Å². The predicted octanol–water partition coefficient (Wildman–Crippen LogP) is 5.33. The number of nitro groups is 1. The Morgan fingerprint density at radius 1 is 1.19 bits per heavy atom. The van der Waals surface area contributed by atoms with E-state index in [1.165, 1.54) is 6.07 Å². The van der Waals surface area contributed by atoms with Gasteiger partial charge in [0.05, 0.1) is 4.92 Å². The number of hydrogen-bond donors (Lipinski definition) is 2. The number of carbonyl (C=O) groups is 1. The Morgan fingerprint density at radius 3 is 2.53 bits per heavy atom. The van der Waals surface area contributed by atoms with Crippen molar-refractivity contribution >= 4 is 17.3 Å². The fourth-order valence-corrected chi connectivity index (χ4v) is 4.49. The van der Waals surface area contributed by atoms with Gasteiger partial charge in [0, 0.05) is 12.5 Å². The maximum Gasteiger partial charge on any atom is 0.329 e. The van der Waals surface area contributed by atoms with Crippen LogP contribution in [0.3, 0.4) is 0 Å². The Hall–Kier alpha value is -3.09. The van der Waals surface area contributed by atoms with E-state index >= 15 is 0 Å². The highest BCUT2D eigenvalue weighted by molar-refractivity contribution is 5.81. The Morgan fingerprint density at radius 2 is 1.88 bits per heavy atom. The average molecular weight is 441 g/mol. The Bertz CT molecular complexity index is 928. The molecule has 1 unspecified atom stereocenters. The van der Waals surface area contributed by atoms with E-state index < -0.39 is 16.9 Å². The van der Waals surface area contributed by atoms with E-state index in [-0.39, 0.29) is 29.6 Å². The molecule has 0 spiro atoms. The van der Waals surface area contributed by atoms with Crippen LogP contribution < -0.4 is 5.32 Å². The maximum absolute atomic E-state index is 13.3. The molecule has 2 aromatic rings. The molecule has 0 aromatic heterocycles. The third-order valence-corrected chi connectivity index (χ3v) is 6.32. The van der Waals surface area contributed by atoms with E-state index in [1.807, 2.05) is 0 Å². The van der Waals surface area contributed by atoms with Crippen LogP contribution in [0, 0.1) is 27.9 Å². The smallest absolute Gasteiger partial charge is 0.329 e. The van der Waals surface area contributed by atoms with Crippen molar-refractivity contribution in [2.45, 2.75) is 58.6 Å². The minimum Gasteiger partial charge on any atom is -0.508 e. The van der Waals surface area contributed by atoms with Gasteiger partial charge >= 0.3 is 5.97 Å². The molecule has 1 aliphatic rings. The molecule has 0 amide bonds. The van der Waals surface area contributed by atoms with Crippen molar-refractivity contribution in [1.29, 1.82) is 0 Å². The van der Waals surface area contributed by atoms with E-state index in [0.717, 1.165) is 24.8 Å². The highest BCUT2D eigenvalue weighted by Gasteiger charge is 2.35. The molecule has 1 saturated carbocycles. The minimum absolute atomic E-state index is 0.0950. The lowest BCUT2D eigenvalue weighted by atomic mass is 9.75. The summed E-state index contributed by atoms with van der Waals surface area (Å²) >= 11 is 0. The Balaban J connectivity index is 1.84. The topological polar surface area (TPSA) is 102 Å². The molecule has 0 saturated heterocycles. The number of phenols is 1. The summed E-state index contributed by atoms with van der Waals surface area (Å²) in [6.45, 7) is 6.48. The summed E-state index contributed by atoms with van der Waals surface area (Å²) in [6, 6.07) is 12.1. The second-order valence-corrected chi connectivity index (χ2v) is 9.14. The Labute approximate surface area is 188 Å². The first-order valence-electron chi connectivity index (χ1n) is 11.2. The number of carbonyl (C=O) groups excluding carboxylic acids is 1. The van der Waals surface area contributed by atoms with E-state index in [0.29, 0.717) is 17.8 Å². The lowest BCUT2D eigenvalue weighted by Crippen LogP contribution is -2.41. The molecule has 7 nitrogen and oxygen atoms in total. The van der Waals surface area contributed by atoms with Crippen molar-refractivity contribution in [3.05, 3.63) is 64.2 Å². The van der Waals surface area contributed by atoms with Crippen molar-refractivity contribution in [3.8, 4) is 5.75 Å². The summed E-state index contributed by atoms with van der Waals surface area (Å²) in [4.78, 5) is 24.3. The van der Waals surface area contributed by atoms with Crippen LogP contribution in [0.15, 0.2) is 48.5 Å². The molecule has 3 rings (SSSR count). The summed E-state index contributed by atoms with van der Waals surface area (Å²) in [7, 11) is 0. The van der Waals surface area contributed by atoms with Crippen LogP contribution in [0.4, 0.5) is 11.4 Å². The number of ether oxygens (including phenoxy) is 1. The summed E-state index contributed by atoms with van der Waals surface area (Å²) in [5.41, 5.74) is 0.992. The molecule has 172 valence electrons. The first-order chi connectivity index (χ1) is 15.2. The van der Waals surface area contributed by atoms with Gasteiger partial charge in [-0.25, -0.2) is 4.79 Å². The van der Waals surface area contributed by atoms with Crippen LogP contribution in [0.2, 0.25) is 0 Å². The maximum atomic E-state index is 13.3. The van der Waals surface area contributed by atoms with Crippen LogP contribution in [-0.4, -0.2) is 28.1 Å². The van der Waals surface area contributed by atoms with Gasteiger partial charge in [0.15, 0.2) is 0 Å². The zero-order chi connectivity index (χ0) is 23.3. The van der Waals surface area contributed by atoms with E-state index in [2.05, 4.69) is 26.1 Å². The van der Waals surface area contributed by atoms with Gasteiger partial charge in [-0.1, -0.05) is 51.5 Å². The number of aromatic hydroxyl groups is 1. The van der Waals surface area contributed by atoms with Gasteiger partial charge in [-0.05, 0) is 54.4 Å². The SMILES string of the molecule is CC(C)C1CC[C@@H](C)C[C@H]1OC(=O)[C@@H](Cc1ccc(O)cc1)Nc1ccccc1[N+](=O)[O-]. The number of phenolic OH excluding ortho intramolecular Hbond substituents is 1. The van der Waals surface area contributed by atoms with Gasteiger partial charge in [-0.3, -0.25) is 10.1 Å². The zero-order valence-electron chi connectivity index (χ0n) is 18.9. The molecule has 32 heavy (non-hydrogen) atoms. The molecule has 7 heteroatoms. The minimum atomic E-state index is -0.800. The molecule has 0 aliphatic heterocycles. The first kappa shape index (κ1) is 23.6. The van der Waals surface area contributed by atoms with Crippen molar-refractivity contribution in [2.75, 3.05) is 5.32 Å². The highest BCUT2D eigenvalue weighted by Crippen LogP contribution is 2.36. The monoisotopic (exact) mass is 440 g/mol. The highest BCUT2D eigenvalue weighted by atomic mass is 16.6. The standard InChI is InChI=1S/C25H32N2O5/c1-16(2)20-13-8-17(3)14-24(20)32-25(29)22(15-18-9-11-19(28)12-10-18)26-21-6-4-5-7-23(21)27(30)31/h4-7,9-12,16-17,20,22,24,26,28H,8,13-15H2,1-3H3/t17-,20?,22-,24-/m1/s1. The van der Waals surface area contributed by atoms with Crippen LogP contribution in [0.25, 0.3) is 0 Å². The van der Waals surface area contributed by atoms with Crippen LogP contribution >= 0.6 is 0 Å². The van der Waals surface area contributed by atoms with Crippen LogP contribution in [-0.2, 0) is 16.0 Å². The van der Waals surface area contributed by atoms with Crippen LogP contribution in [0.5, 0.6) is 5.75 Å². The largest absolute Gasteiger partial charge is 0.508 e. The molecule has 1 fully saturated rings. The lowest BCUT2D eigenvalue weighted by Gasteiger charge is -2.37. The summed E-state index contributed by atoms with van der Waals surface area (Å²) in [6.07, 6.45) is 3.09. The lowest BCUT2D eigenvalue weighted by molar-refractivity contribution is -0.384. The summed E-state index contributed by atoms with van der Waals surface area (Å²) in [5.74, 6) is 0.910. The molecule has 4 atom stereocenters. The average Bonchev–Trinajstić information content (AvgIpc) is 2.74. The molecule has 0 bridgehead atoms. The van der Waals surface area contributed by atoms with Gasteiger partial charge in [0.2, 0.25) is 0 Å². The van der Waals surface area contributed by atoms with Gasteiger partial charge in [-0.2, -0.15) is 0 Å². The van der Waals surface area contributed by atoms with E-state index in [1.54, 1.807) is 42.5 Å². The number of nitro benzene ring substituents is 1. The molecule has 2 aromatic carbocycles. The second-order valence-electron chi connectivity index (χ2n) is 9.14. The van der Waals surface area contributed by atoms with Crippen LogP contribution in [0.1, 0.15) is 45.6 Å². The fourth-order valence-electron chi connectivity index (χ4n) is 4.49. The Kier molecular flexibility index (Phi) is 7.72. The van der Waals surface area contributed by atoms with Gasteiger partial charge in [0.25, 0.3) is 5.69 Å². The summed E-state index contributed by atoms with van der Waals surface area (Å²) < 4.78 is 6.05. The van der Waals surface area contributed by atoms with Crippen molar-refractivity contribution in [3.63, 3.8) is 0 Å². The van der Waals surface area contributed by atoms with Gasteiger partial charge in [-0.15, -0.1) is 0 Å². The van der Waals surface area contributed by atoms with E-state index in [4.69, 9.17) is 4.74 Å². The molecule has 0 radical (unpaired) electrons. The van der Waals surface area contributed by atoms with E-state index in [9.17, 15) is 20.0 Å². The number of para-hydroxylation sites is 2. The van der Waals surface area contributed by atoms with Gasteiger partial charge in [0.1, 0.15) is 23.6 Å². The third-order valence-electron chi connectivity index (χ3n) is 6.32. The number of anilines is 1. The molecular formula is C25H32N2O5. The molecular weight excluding hydrogens is 408 g/mol. The number of benzene rings is 2. The second kappa shape index (κ2) is 10.5. The van der Waals surface area contributed by atoms with Gasteiger partial charge < -0.3 is 15.2 Å².